The molecule has 4 heteroatoms. The van der Waals surface area contributed by atoms with Crippen LogP contribution in [0.1, 0.15) is 31.4 Å². The van der Waals surface area contributed by atoms with E-state index in [9.17, 15) is 0 Å². The molecule has 2 rings (SSSR count). The Morgan fingerprint density at radius 1 is 1.43 bits per heavy atom. The number of nitrogens with two attached hydrogens (primary N) is 1. The van der Waals surface area contributed by atoms with Crippen molar-refractivity contribution >= 4 is 0 Å². The minimum Gasteiger partial charge on any atom is -0.330 e. The van der Waals surface area contributed by atoms with Crippen molar-refractivity contribution in [3.63, 3.8) is 0 Å². The normalized spacial score (nSPS) is 17.9. The Bertz CT molecular complexity index is 305. The third kappa shape index (κ3) is 1.80. The molecule has 0 spiro atoms. The molecule has 0 fully saturated rings. The van der Waals surface area contributed by atoms with Gasteiger partial charge in [0, 0.05) is 19.4 Å². The average Bonchev–Trinajstić information content (AvgIpc) is 2.62. The molecule has 0 aliphatic carbocycles. The topological polar surface area (TPSA) is 56.7 Å². The van der Waals surface area contributed by atoms with Crippen molar-refractivity contribution in [3.05, 3.63) is 11.6 Å². The zero-order valence-electron chi connectivity index (χ0n) is 8.74. The van der Waals surface area contributed by atoms with E-state index in [1.54, 1.807) is 0 Å². The standard InChI is InChI=1S/C10H18N4/c1-8(7-11)6-10-13-12-9-4-2-3-5-14(9)10/h8H,2-7,11H2,1H3. The fourth-order valence-corrected chi connectivity index (χ4v) is 1.91. The van der Waals surface area contributed by atoms with Gasteiger partial charge >= 0.3 is 0 Å². The van der Waals surface area contributed by atoms with Crippen molar-refractivity contribution in [1.29, 1.82) is 0 Å². The van der Waals surface area contributed by atoms with Crippen molar-refractivity contribution < 1.29 is 0 Å². The van der Waals surface area contributed by atoms with Crippen LogP contribution in [0.15, 0.2) is 0 Å². The molecule has 2 heterocycles. The SMILES string of the molecule is CC(CN)Cc1nnc2n1CCCC2. The second kappa shape index (κ2) is 4.09. The molecule has 0 bridgehead atoms. The van der Waals surface area contributed by atoms with Gasteiger partial charge in [-0.1, -0.05) is 6.92 Å². The van der Waals surface area contributed by atoms with Crippen LogP contribution in [0.3, 0.4) is 0 Å². The van der Waals surface area contributed by atoms with Gasteiger partial charge in [0.2, 0.25) is 0 Å². The molecule has 0 radical (unpaired) electrons. The summed E-state index contributed by atoms with van der Waals surface area (Å²) in [5, 5.41) is 8.46. The van der Waals surface area contributed by atoms with E-state index >= 15 is 0 Å². The molecular formula is C10H18N4. The highest BCUT2D eigenvalue weighted by Crippen LogP contribution is 2.16. The third-order valence-corrected chi connectivity index (χ3v) is 2.87. The summed E-state index contributed by atoms with van der Waals surface area (Å²) < 4.78 is 2.27. The lowest BCUT2D eigenvalue weighted by atomic mass is 10.1. The Morgan fingerprint density at radius 2 is 2.29 bits per heavy atom. The van der Waals surface area contributed by atoms with Gasteiger partial charge in [0.1, 0.15) is 11.6 Å². The molecule has 1 aromatic rings. The van der Waals surface area contributed by atoms with Crippen LogP contribution < -0.4 is 5.73 Å². The first-order valence-electron chi connectivity index (χ1n) is 5.42. The second-order valence-corrected chi connectivity index (χ2v) is 4.19. The number of hydrogen-bond donors (Lipinski definition) is 1. The van der Waals surface area contributed by atoms with E-state index in [0.29, 0.717) is 5.92 Å². The summed E-state index contributed by atoms with van der Waals surface area (Å²) in [6.45, 7) is 3.97. The van der Waals surface area contributed by atoms with Crippen LogP contribution in [0.2, 0.25) is 0 Å². The van der Waals surface area contributed by atoms with Gasteiger partial charge in [0.25, 0.3) is 0 Å². The summed E-state index contributed by atoms with van der Waals surface area (Å²) >= 11 is 0. The minimum absolute atomic E-state index is 0.505. The number of aromatic nitrogens is 3. The number of fused-ring (bicyclic) bond motifs is 1. The van der Waals surface area contributed by atoms with Gasteiger partial charge in [0.05, 0.1) is 0 Å². The molecule has 0 saturated carbocycles. The molecule has 0 saturated heterocycles. The Balaban J connectivity index is 2.14. The zero-order chi connectivity index (χ0) is 9.97. The van der Waals surface area contributed by atoms with Gasteiger partial charge in [-0.05, 0) is 25.3 Å². The maximum absolute atomic E-state index is 5.61. The number of rotatable bonds is 3. The Labute approximate surface area is 84.5 Å². The van der Waals surface area contributed by atoms with Crippen LogP contribution in [0, 0.1) is 5.92 Å². The van der Waals surface area contributed by atoms with Crippen LogP contribution >= 0.6 is 0 Å². The van der Waals surface area contributed by atoms with Crippen molar-refractivity contribution in [2.45, 2.75) is 39.2 Å². The quantitative estimate of drug-likeness (QED) is 0.772. The lowest BCUT2D eigenvalue weighted by Gasteiger charge is -2.15. The molecule has 1 aromatic heterocycles. The molecule has 4 nitrogen and oxygen atoms in total. The monoisotopic (exact) mass is 194 g/mol. The Morgan fingerprint density at radius 3 is 3.07 bits per heavy atom. The first-order chi connectivity index (χ1) is 6.81. The molecule has 78 valence electrons. The summed E-state index contributed by atoms with van der Waals surface area (Å²) in [6, 6.07) is 0. The van der Waals surface area contributed by atoms with E-state index < -0.39 is 0 Å². The first-order valence-corrected chi connectivity index (χ1v) is 5.42. The van der Waals surface area contributed by atoms with Gasteiger partial charge in [0.15, 0.2) is 0 Å². The van der Waals surface area contributed by atoms with Gasteiger partial charge in [-0.3, -0.25) is 0 Å². The molecule has 2 N–H and O–H groups in total. The molecule has 0 amide bonds. The molecule has 1 atom stereocenters. The van der Waals surface area contributed by atoms with Crippen LogP contribution in [0.4, 0.5) is 0 Å². The Kier molecular flexibility index (Phi) is 2.82. The van der Waals surface area contributed by atoms with Crippen LogP contribution in [0.5, 0.6) is 0 Å². The van der Waals surface area contributed by atoms with Gasteiger partial charge in [-0.2, -0.15) is 0 Å². The smallest absolute Gasteiger partial charge is 0.133 e. The van der Waals surface area contributed by atoms with Crippen LogP contribution in [0.25, 0.3) is 0 Å². The lowest BCUT2D eigenvalue weighted by molar-refractivity contribution is 0.485. The first kappa shape index (κ1) is 9.65. The average molecular weight is 194 g/mol. The predicted octanol–water partition coefficient (Wildman–Crippen LogP) is 0.752. The maximum atomic E-state index is 5.61. The fraction of sp³-hybridized carbons (Fsp3) is 0.800. The fourth-order valence-electron chi connectivity index (χ4n) is 1.91. The van der Waals surface area contributed by atoms with Gasteiger partial charge in [-0.15, -0.1) is 10.2 Å². The molecule has 1 aliphatic rings. The predicted molar refractivity (Wildman–Crippen MR) is 54.9 cm³/mol. The van der Waals surface area contributed by atoms with Crippen LogP contribution in [-0.2, 0) is 19.4 Å². The molecule has 1 aliphatic heterocycles. The number of nitrogens with zero attached hydrogens (tertiary/aromatic N) is 3. The van der Waals surface area contributed by atoms with Crippen molar-refractivity contribution in [2.24, 2.45) is 11.7 Å². The summed E-state index contributed by atoms with van der Waals surface area (Å²) in [6.07, 6.45) is 4.56. The van der Waals surface area contributed by atoms with Crippen molar-refractivity contribution in [3.8, 4) is 0 Å². The summed E-state index contributed by atoms with van der Waals surface area (Å²) in [5.74, 6) is 2.79. The minimum atomic E-state index is 0.505. The van der Waals surface area contributed by atoms with Crippen molar-refractivity contribution in [1.82, 2.24) is 14.8 Å². The highest BCUT2D eigenvalue weighted by Gasteiger charge is 2.16. The summed E-state index contributed by atoms with van der Waals surface area (Å²) in [4.78, 5) is 0. The molecule has 1 unspecified atom stereocenters. The summed E-state index contributed by atoms with van der Waals surface area (Å²) in [5.41, 5.74) is 5.61. The van der Waals surface area contributed by atoms with E-state index in [1.807, 2.05) is 0 Å². The molecule has 0 aromatic carbocycles. The summed E-state index contributed by atoms with van der Waals surface area (Å²) in [7, 11) is 0. The van der Waals surface area contributed by atoms with E-state index in [0.717, 1.165) is 37.6 Å². The maximum Gasteiger partial charge on any atom is 0.133 e. The Hall–Kier alpha value is -0.900. The van der Waals surface area contributed by atoms with E-state index in [1.165, 1.54) is 12.8 Å². The van der Waals surface area contributed by atoms with E-state index in [-0.39, 0.29) is 0 Å². The second-order valence-electron chi connectivity index (χ2n) is 4.19. The number of hydrogen-bond acceptors (Lipinski definition) is 3. The lowest BCUT2D eigenvalue weighted by Crippen LogP contribution is -2.18. The third-order valence-electron chi connectivity index (χ3n) is 2.87. The van der Waals surface area contributed by atoms with E-state index in [2.05, 4.69) is 21.7 Å². The number of aryl methyl sites for hydroxylation is 1. The highest BCUT2D eigenvalue weighted by molar-refractivity contribution is 4.99. The highest BCUT2D eigenvalue weighted by atomic mass is 15.3. The van der Waals surface area contributed by atoms with E-state index in [4.69, 9.17) is 5.73 Å². The van der Waals surface area contributed by atoms with Crippen LogP contribution in [-0.4, -0.2) is 21.3 Å². The molecule has 14 heavy (non-hydrogen) atoms. The van der Waals surface area contributed by atoms with Gasteiger partial charge < -0.3 is 10.3 Å². The van der Waals surface area contributed by atoms with Crippen molar-refractivity contribution in [2.75, 3.05) is 6.54 Å². The van der Waals surface area contributed by atoms with Gasteiger partial charge in [-0.25, -0.2) is 0 Å². The zero-order valence-corrected chi connectivity index (χ0v) is 8.74. The molecular weight excluding hydrogens is 176 g/mol. The largest absolute Gasteiger partial charge is 0.330 e.